The number of benzene rings is 1. The molecule has 2 heterocycles. The summed E-state index contributed by atoms with van der Waals surface area (Å²) in [5.74, 6) is 1.21. The Morgan fingerprint density at radius 3 is 2.69 bits per heavy atom. The number of hydrogen-bond donors (Lipinski definition) is 1. The molecule has 1 amide bonds. The molecule has 32 heavy (non-hydrogen) atoms. The van der Waals surface area contributed by atoms with Gasteiger partial charge in [-0.25, -0.2) is 14.5 Å². The van der Waals surface area contributed by atoms with Crippen LogP contribution in [0.3, 0.4) is 0 Å². The Morgan fingerprint density at radius 1 is 1.16 bits per heavy atom. The molecule has 2 aromatic heterocycles. The van der Waals surface area contributed by atoms with E-state index in [-0.39, 0.29) is 6.61 Å². The summed E-state index contributed by atoms with van der Waals surface area (Å²) in [5, 5.41) is 22.2. The molecule has 0 unspecified atom stereocenters. The molecule has 0 spiro atoms. The molecule has 11 heteroatoms. The number of carbonyl (C=O) groups excluding carboxylic acids is 1. The lowest BCUT2D eigenvalue weighted by Gasteiger charge is -2.07. The second-order valence-electron chi connectivity index (χ2n) is 7.23. The fourth-order valence-corrected chi connectivity index (χ4v) is 2.86. The topological polar surface area (TPSA) is 129 Å². The van der Waals surface area contributed by atoms with Crippen LogP contribution in [0, 0.1) is 5.92 Å². The molecule has 0 aliphatic heterocycles. The van der Waals surface area contributed by atoms with Crippen LogP contribution in [0.5, 0.6) is 0 Å². The first kappa shape index (κ1) is 21.1. The van der Waals surface area contributed by atoms with E-state index in [4.69, 9.17) is 9.68 Å². The maximum absolute atomic E-state index is 11.9. The van der Waals surface area contributed by atoms with Crippen LogP contribution in [0.4, 0.5) is 10.6 Å². The molecule has 0 bridgehead atoms. The second-order valence-corrected chi connectivity index (χ2v) is 7.23. The van der Waals surface area contributed by atoms with Crippen molar-refractivity contribution in [1.82, 2.24) is 25.2 Å². The zero-order valence-corrected chi connectivity index (χ0v) is 17.7. The number of pyridine rings is 1. The number of nitrogens with one attached hydrogen (secondary N) is 1. The van der Waals surface area contributed by atoms with Crippen molar-refractivity contribution in [2.45, 2.75) is 26.4 Å². The van der Waals surface area contributed by atoms with Gasteiger partial charge in [0.1, 0.15) is 5.82 Å². The van der Waals surface area contributed by atoms with Crippen LogP contribution >= 0.6 is 0 Å². The van der Waals surface area contributed by atoms with Crippen molar-refractivity contribution in [1.29, 1.82) is 0 Å². The Bertz CT molecular complexity index is 1140. The van der Waals surface area contributed by atoms with E-state index >= 15 is 0 Å². The van der Waals surface area contributed by atoms with Gasteiger partial charge in [0, 0.05) is 18.5 Å². The van der Waals surface area contributed by atoms with Crippen LogP contribution in [-0.4, -0.2) is 42.7 Å². The number of amides is 1. The number of tetrazole rings is 1. The summed E-state index contributed by atoms with van der Waals surface area (Å²) in [5.41, 5.74) is 2.67. The van der Waals surface area contributed by atoms with Crippen molar-refractivity contribution >= 4 is 23.3 Å². The SMILES string of the molecule is C/C(=N/OC(=O)Nc1cccc(CO/N=C(/c2ccccc2)c2nnnn2C)n1)C1CC1. The lowest BCUT2D eigenvalue weighted by Crippen LogP contribution is -2.14. The average molecular weight is 434 g/mol. The molecule has 3 aromatic rings. The molecular formula is C21H22N8O3. The Morgan fingerprint density at radius 2 is 1.97 bits per heavy atom. The maximum atomic E-state index is 11.9. The van der Waals surface area contributed by atoms with Gasteiger partial charge < -0.3 is 4.84 Å². The minimum absolute atomic E-state index is 0.0745. The van der Waals surface area contributed by atoms with Crippen molar-refractivity contribution in [3.05, 3.63) is 65.6 Å². The maximum Gasteiger partial charge on any atom is 0.439 e. The largest absolute Gasteiger partial charge is 0.439 e. The molecule has 1 aliphatic rings. The molecular weight excluding hydrogens is 412 g/mol. The number of nitrogens with zero attached hydrogens (tertiary/aromatic N) is 7. The van der Waals surface area contributed by atoms with E-state index in [2.05, 4.69) is 36.1 Å². The van der Waals surface area contributed by atoms with Gasteiger partial charge in [-0.1, -0.05) is 46.7 Å². The van der Waals surface area contributed by atoms with Crippen molar-refractivity contribution in [3.8, 4) is 0 Å². The Hall–Kier alpha value is -4.15. The van der Waals surface area contributed by atoms with E-state index in [0.717, 1.165) is 24.1 Å². The first-order valence-electron chi connectivity index (χ1n) is 10.1. The van der Waals surface area contributed by atoms with Gasteiger partial charge in [0.2, 0.25) is 5.82 Å². The molecule has 164 valence electrons. The minimum Gasteiger partial charge on any atom is -0.389 e. The van der Waals surface area contributed by atoms with Gasteiger partial charge in [0.05, 0.1) is 11.4 Å². The van der Waals surface area contributed by atoms with Gasteiger partial charge in [-0.2, -0.15) is 0 Å². The van der Waals surface area contributed by atoms with Crippen LogP contribution in [0.1, 0.15) is 36.8 Å². The summed E-state index contributed by atoms with van der Waals surface area (Å²) >= 11 is 0. The average Bonchev–Trinajstić information content (AvgIpc) is 3.57. The number of carbonyl (C=O) groups is 1. The molecule has 1 N–H and O–H groups in total. The molecule has 0 saturated heterocycles. The van der Waals surface area contributed by atoms with Gasteiger partial charge in [-0.15, -0.1) is 5.10 Å². The van der Waals surface area contributed by atoms with Crippen LogP contribution in [0.2, 0.25) is 0 Å². The third kappa shape index (κ3) is 5.50. The van der Waals surface area contributed by atoms with Crippen LogP contribution < -0.4 is 5.32 Å². The van der Waals surface area contributed by atoms with E-state index < -0.39 is 6.09 Å². The van der Waals surface area contributed by atoms with E-state index in [1.54, 1.807) is 25.2 Å². The highest BCUT2D eigenvalue weighted by Gasteiger charge is 2.25. The highest BCUT2D eigenvalue weighted by Crippen LogP contribution is 2.30. The monoisotopic (exact) mass is 434 g/mol. The number of anilines is 1. The van der Waals surface area contributed by atoms with E-state index in [1.807, 2.05) is 37.3 Å². The summed E-state index contributed by atoms with van der Waals surface area (Å²) in [6.45, 7) is 1.92. The molecule has 11 nitrogen and oxygen atoms in total. The lowest BCUT2D eigenvalue weighted by molar-refractivity contribution is 0.128. The number of aromatic nitrogens is 5. The number of rotatable bonds is 8. The molecule has 1 aliphatic carbocycles. The van der Waals surface area contributed by atoms with Gasteiger partial charge in [-0.05, 0) is 42.3 Å². The normalized spacial score (nSPS) is 14.2. The lowest BCUT2D eigenvalue weighted by atomic mass is 10.1. The van der Waals surface area contributed by atoms with Gasteiger partial charge in [-0.3, -0.25) is 10.2 Å². The van der Waals surface area contributed by atoms with Crippen molar-refractivity contribution < 1.29 is 14.5 Å². The zero-order valence-electron chi connectivity index (χ0n) is 17.7. The van der Waals surface area contributed by atoms with Crippen molar-refractivity contribution in [2.24, 2.45) is 23.3 Å². The smallest absolute Gasteiger partial charge is 0.389 e. The van der Waals surface area contributed by atoms with E-state index in [0.29, 0.717) is 29.0 Å². The second kappa shape index (κ2) is 9.77. The standard InChI is InChI=1S/C21H22N8O3/c1-14(15-11-12-15)25-32-21(30)23-18-10-6-9-17(22-18)13-31-26-19(16-7-4-3-5-8-16)20-24-27-28-29(20)2/h3-10,15H,11-13H2,1-2H3,(H,22,23,30)/b25-14-,26-19-. The van der Waals surface area contributed by atoms with Gasteiger partial charge in [0.25, 0.3) is 0 Å². The Kier molecular flexibility index (Phi) is 6.44. The van der Waals surface area contributed by atoms with E-state index in [9.17, 15) is 4.79 Å². The summed E-state index contributed by atoms with van der Waals surface area (Å²) in [6, 6.07) is 14.6. The van der Waals surface area contributed by atoms with Crippen LogP contribution in [0.15, 0.2) is 58.8 Å². The number of aryl methyl sites for hydroxylation is 1. The molecule has 4 rings (SSSR count). The van der Waals surface area contributed by atoms with Gasteiger partial charge >= 0.3 is 6.09 Å². The molecule has 1 aromatic carbocycles. The third-order valence-corrected chi connectivity index (χ3v) is 4.73. The highest BCUT2D eigenvalue weighted by atomic mass is 16.7. The Balaban J connectivity index is 1.40. The zero-order chi connectivity index (χ0) is 22.3. The van der Waals surface area contributed by atoms with E-state index in [1.165, 1.54) is 4.68 Å². The fourth-order valence-electron chi connectivity index (χ4n) is 2.86. The third-order valence-electron chi connectivity index (χ3n) is 4.73. The fraction of sp³-hybridized carbons (Fsp3) is 0.286. The first-order valence-corrected chi connectivity index (χ1v) is 10.1. The summed E-state index contributed by atoms with van der Waals surface area (Å²) in [4.78, 5) is 26.7. The minimum atomic E-state index is -0.699. The highest BCUT2D eigenvalue weighted by molar-refractivity contribution is 6.10. The van der Waals surface area contributed by atoms with Crippen LogP contribution in [-0.2, 0) is 23.3 Å². The molecule has 0 radical (unpaired) electrons. The van der Waals surface area contributed by atoms with Crippen LogP contribution in [0.25, 0.3) is 0 Å². The predicted octanol–water partition coefficient (Wildman–Crippen LogP) is 2.91. The number of hydrogen-bond acceptors (Lipinski definition) is 9. The van der Waals surface area contributed by atoms with Gasteiger partial charge in [0.15, 0.2) is 12.3 Å². The number of oxime groups is 2. The summed E-state index contributed by atoms with van der Waals surface area (Å²) in [6.07, 6.45) is 1.48. The molecule has 1 saturated carbocycles. The first-order chi connectivity index (χ1) is 15.6. The molecule has 1 fully saturated rings. The quantitative estimate of drug-likeness (QED) is 0.328. The summed E-state index contributed by atoms with van der Waals surface area (Å²) < 4.78 is 1.51. The van der Waals surface area contributed by atoms with Crippen molar-refractivity contribution in [3.63, 3.8) is 0 Å². The Labute approximate surface area is 184 Å². The molecule has 0 atom stereocenters. The van der Waals surface area contributed by atoms with Crippen molar-refractivity contribution in [2.75, 3.05) is 5.32 Å². The predicted molar refractivity (Wildman–Crippen MR) is 116 cm³/mol. The summed E-state index contributed by atoms with van der Waals surface area (Å²) in [7, 11) is 1.72.